The van der Waals surface area contributed by atoms with Gasteiger partial charge in [-0.05, 0) is 36.6 Å². The Balaban J connectivity index is 2.19. The molecule has 0 bridgehead atoms. The van der Waals surface area contributed by atoms with E-state index in [9.17, 15) is 4.79 Å². The third-order valence-corrected chi connectivity index (χ3v) is 5.71. The van der Waals surface area contributed by atoms with Crippen LogP contribution in [0.4, 0.5) is 0 Å². The van der Waals surface area contributed by atoms with E-state index in [1.54, 1.807) is 0 Å². The highest BCUT2D eigenvalue weighted by Crippen LogP contribution is 2.22. The maximum atomic E-state index is 11.7. The van der Waals surface area contributed by atoms with Crippen molar-refractivity contribution in [2.45, 2.75) is 63.5 Å². The zero-order chi connectivity index (χ0) is 11.1. The summed E-state index contributed by atoms with van der Waals surface area (Å²) < 4.78 is 0. The van der Waals surface area contributed by atoms with Crippen LogP contribution in [0.15, 0.2) is 0 Å². The van der Waals surface area contributed by atoms with Gasteiger partial charge in [0, 0.05) is 12.8 Å². The lowest BCUT2D eigenvalue weighted by molar-refractivity contribution is -0.119. The van der Waals surface area contributed by atoms with Crippen molar-refractivity contribution in [3.8, 4) is 0 Å². The number of rotatable bonds is 6. The van der Waals surface area contributed by atoms with Gasteiger partial charge < -0.3 is 0 Å². The molecular formula is C13H25OS+. The van der Waals surface area contributed by atoms with E-state index in [1.165, 1.54) is 44.3 Å². The average molecular weight is 229 g/mol. The number of unbranched alkanes of at least 4 members (excludes halogenated alkanes) is 3. The van der Waals surface area contributed by atoms with Crippen LogP contribution in [0, 0.1) is 0 Å². The first-order valence-electron chi connectivity index (χ1n) is 6.39. The van der Waals surface area contributed by atoms with Gasteiger partial charge in [0.15, 0.2) is 11.0 Å². The first-order chi connectivity index (χ1) is 7.25. The Hall–Kier alpha value is 0.0200. The van der Waals surface area contributed by atoms with Gasteiger partial charge in [0.2, 0.25) is 0 Å². The van der Waals surface area contributed by atoms with Crippen molar-refractivity contribution in [1.82, 2.24) is 0 Å². The van der Waals surface area contributed by atoms with Crippen LogP contribution in [-0.2, 0) is 15.7 Å². The highest BCUT2D eigenvalue weighted by Gasteiger charge is 2.34. The van der Waals surface area contributed by atoms with Crippen LogP contribution in [0.1, 0.15) is 58.3 Å². The molecule has 0 radical (unpaired) electrons. The number of Topliss-reactive ketones (excluding diaryl/α,β-unsaturated/α-hetero) is 1. The lowest BCUT2D eigenvalue weighted by Crippen LogP contribution is -2.34. The molecule has 2 unspecified atom stereocenters. The summed E-state index contributed by atoms with van der Waals surface area (Å²) in [5.74, 6) is 1.85. The Morgan fingerprint density at radius 1 is 1.27 bits per heavy atom. The van der Waals surface area contributed by atoms with E-state index in [-0.39, 0.29) is 0 Å². The minimum atomic E-state index is 0.360. The van der Waals surface area contributed by atoms with Crippen LogP contribution < -0.4 is 0 Å². The van der Waals surface area contributed by atoms with E-state index in [0.717, 1.165) is 12.8 Å². The second-order valence-electron chi connectivity index (χ2n) is 4.66. The van der Waals surface area contributed by atoms with E-state index in [1.807, 2.05) is 0 Å². The Kier molecular flexibility index (Phi) is 6.39. The molecule has 1 aliphatic rings. The summed E-state index contributed by atoms with van der Waals surface area (Å²) in [5, 5.41) is 0.431. The molecule has 1 aliphatic carbocycles. The lowest BCUT2D eigenvalue weighted by atomic mass is 9.99. The molecule has 0 amide bonds. The summed E-state index contributed by atoms with van der Waals surface area (Å²) in [6.07, 6.45) is 12.1. The van der Waals surface area contributed by atoms with Crippen LogP contribution in [0.3, 0.4) is 0 Å². The minimum absolute atomic E-state index is 0.360. The van der Waals surface area contributed by atoms with Gasteiger partial charge in [-0.15, -0.1) is 0 Å². The lowest BCUT2D eigenvalue weighted by Gasteiger charge is -2.19. The molecule has 88 valence electrons. The summed E-state index contributed by atoms with van der Waals surface area (Å²) in [5.41, 5.74) is 0. The zero-order valence-corrected chi connectivity index (χ0v) is 11.1. The molecule has 1 nitrogen and oxygen atoms in total. The van der Waals surface area contributed by atoms with Crippen molar-refractivity contribution in [1.29, 1.82) is 0 Å². The van der Waals surface area contributed by atoms with Gasteiger partial charge in [-0.25, -0.2) is 0 Å². The normalized spacial score (nSPS) is 24.1. The molecule has 1 rings (SSSR count). The fourth-order valence-corrected chi connectivity index (χ4v) is 4.35. The molecule has 0 aromatic rings. The second-order valence-corrected chi connectivity index (χ2v) is 7.02. The first kappa shape index (κ1) is 13.1. The highest BCUT2D eigenvalue weighted by molar-refractivity contribution is 7.97. The fraction of sp³-hybridized carbons (Fsp3) is 0.923. The Morgan fingerprint density at radius 3 is 2.73 bits per heavy atom. The maximum absolute atomic E-state index is 11.7. The Bertz CT molecular complexity index is 191. The van der Waals surface area contributed by atoms with Crippen LogP contribution in [-0.4, -0.2) is 23.0 Å². The quantitative estimate of drug-likeness (QED) is 0.504. The smallest absolute Gasteiger partial charge is 0.184 e. The molecule has 0 saturated heterocycles. The van der Waals surface area contributed by atoms with Gasteiger partial charge in [-0.1, -0.05) is 19.8 Å². The third-order valence-electron chi connectivity index (χ3n) is 3.30. The van der Waals surface area contributed by atoms with E-state index < -0.39 is 0 Å². The van der Waals surface area contributed by atoms with Crippen molar-refractivity contribution < 1.29 is 4.79 Å². The first-order valence-corrected chi connectivity index (χ1v) is 8.26. The number of carbonyl (C=O) groups is 1. The fourth-order valence-electron chi connectivity index (χ4n) is 2.28. The standard InChI is InChI=1S/C13H25OS/c1-3-4-5-8-11-15(2)13-10-7-6-9-12(13)14/h13H,3-11H2,1-2H3/q+1. The van der Waals surface area contributed by atoms with Crippen LogP contribution in [0.5, 0.6) is 0 Å². The maximum Gasteiger partial charge on any atom is 0.184 e. The summed E-state index contributed by atoms with van der Waals surface area (Å²) in [4.78, 5) is 11.7. The number of carbonyl (C=O) groups excluding carboxylic acids is 1. The molecule has 1 saturated carbocycles. The van der Waals surface area contributed by atoms with Crippen molar-refractivity contribution in [3.05, 3.63) is 0 Å². The molecule has 0 heterocycles. The molecule has 0 spiro atoms. The van der Waals surface area contributed by atoms with Gasteiger partial charge >= 0.3 is 0 Å². The van der Waals surface area contributed by atoms with Crippen LogP contribution in [0.2, 0.25) is 0 Å². The summed E-state index contributed by atoms with van der Waals surface area (Å²) in [6, 6.07) is 0. The van der Waals surface area contributed by atoms with Crippen molar-refractivity contribution >= 4 is 16.7 Å². The van der Waals surface area contributed by atoms with Crippen molar-refractivity contribution in [3.63, 3.8) is 0 Å². The summed E-state index contributed by atoms with van der Waals surface area (Å²) in [6.45, 7) is 2.25. The van der Waals surface area contributed by atoms with Crippen molar-refractivity contribution in [2.75, 3.05) is 12.0 Å². The van der Waals surface area contributed by atoms with Gasteiger partial charge in [0.25, 0.3) is 0 Å². The molecule has 2 heteroatoms. The second kappa shape index (κ2) is 7.32. The highest BCUT2D eigenvalue weighted by atomic mass is 32.2. The molecule has 0 aromatic carbocycles. The van der Waals surface area contributed by atoms with Crippen molar-refractivity contribution in [2.24, 2.45) is 0 Å². The van der Waals surface area contributed by atoms with Crippen LogP contribution >= 0.6 is 0 Å². The summed E-state index contributed by atoms with van der Waals surface area (Å²) in [7, 11) is 0.360. The van der Waals surface area contributed by atoms with E-state index in [2.05, 4.69) is 13.2 Å². The van der Waals surface area contributed by atoms with E-state index in [4.69, 9.17) is 0 Å². The SMILES string of the molecule is CCCCCC[S+](C)C1CCCCC1=O. The minimum Gasteiger partial charge on any atom is -0.294 e. The third kappa shape index (κ3) is 4.58. The van der Waals surface area contributed by atoms with E-state index >= 15 is 0 Å². The predicted octanol–water partition coefficient (Wildman–Crippen LogP) is 3.33. The van der Waals surface area contributed by atoms with E-state index in [0.29, 0.717) is 21.9 Å². The average Bonchev–Trinajstić information content (AvgIpc) is 2.25. The van der Waals surface area contributed by atoms with Gasteiger partial charge in [-0.2, -0.15) is 0 Å². The molecule has 0 aliphatic heterocycles. The topological polar surface area (TPSA) is 17.1 Å². The molecular weight excluding hydrogens is 204 g/mol. The number of hydrogen-bond acceptors (Lipinski definition) is 1. The Labute approximate surface area is 97.4 Å². The van der Waals surface area contributed by atoms with Crippen LogP contribution in [0.25, 0.3) is 0 Å². The van der Waals surface area contributed by atoms with Gasteiger partial charge in [0.1, 0.15) is 5.75 Å². The Morgan fingerprint density at radius 2 is 2.07 bits per heavy atom. The molecule has 0 aromatic heterocycles. The molecule has 1 fully saturated rings. The predicted molar refractivity (Wildman–Crippen MR) is 69.6 cm³/mol. The monoisotopic (exact) mass is 229 g/mol. The number of ketones is 1. The zero-order valence-electron chi connectivity index (χ0n) is 10.3. The number of hydrogen-bond donors (Lipinski definition) is 0. The molecule has 0 N–H and O–H groups in total. The summed E-state index contributed by atoms with van der Waals surface area (Å²) >= 11 is 0. The van der Waals surface area contributed by atoms with Gasteiger partial charge in [0.05, 0.1) is 6.26 Å². The van der Waals surface area contributed by atoms with Gasteiger partial charge in [-0.3, -0.25) is 4.79 Å². The largest absolute Gasteiger partial charge is 0.294 e. The molecule has 2 atom stereocenters. The molecule has 15 heavy (non-hydrogen) atoms.